The van der Waals surface area contributed by atoms with Crippen LogP contribution in [0.5, 0.6) is 11.5 Å². The molecular formula is C18H22N2O3. The number of nitrogens with two attached hydrogens (primary N) is 1. The average molecular weight is 314 g/mol. The standard InChI is InChI=1S/C18H22N2O3/c1-22-17-11-15(12-20-18(21)9-10-19)7-8-16(17)23-13-14-5-3-2-4-6-14/h2-8,11H,9-10,12-13,19H2,1H3,(H,20,21). The lowest BCUT2D eigenvalue weighted by atomic mass is 10.2. The molecule has 0 fully saturated rings. The van der Waals surface area contributed by atoms with Crippen LogP contribution in [0.25, 0.3) is 0 Å². The predicted molar refractivity (Wildman–Crippen MR) is 89.3 cm³/mol. The van der Waals surface area contributed by atoms with Crippen LogP contribution in [0.3, 0.4) is 0 Å². The van der Waals surface area contributed by atoms with Crippen LogP contribution in [0.2, 0.25) is 0 Å². The Balaban J connectivity index is 1.97. The lowest BCUT2D eigenvalue weighted by Crippen LogP contribution is -2.24. The molecule has 0 aromatic heterocycles. The van der Waals surface area contributed by atoms with Crippen LogP contribution in [-0.2, 0) is 17.9 Å². The number of carbonyl (C=O) groups is 1. The van der Waals surface area contributed by atoms with Crippen molar-refractivity contribution in [1.29, 1.82) is 0 Å². The molecule has 0 saturated heterocycles. The van der Waals surface area contributed by atoms with Gasteiger partial charge in [-0.15, -0.1) is 0 Å². The lowest BCUT2D eigenvalue weighted by molar-refractivity contribution is -0.121. The van der Waals surface area contributed by atoms with E-state index in [1.165, 1.54) is 0 Å². The van der Waals surface area contributed by atoms with E-state index in [9.17, 15) is 4.79 Å². The highest BCUT2D eigenvalue weighted by Gasteiger charge is 2.07. The van der Waals surface area contributed by atoms with E-state index in [1.807, 2.05) is 48.5 Å². The van der Waals surface area contributed by atoms with E-state index < -0.39 is 0 Å². The minimum Gasteiger partial charge on any atom is -0.493 e. The molecule has 0 spiro atoms. The van der Waals surface area contributed by atoms with Gasteiger partial charge in [0.25, 0.3) is 0 Å². The Morgan fingerprint density at radius 2 is 1.87 bits per heavy atom. The predicted octanol–water partition coefficient (Wildman–Crippen LogP) is 2.24. The topological polar surface area (TPSA) is 73.6 Å². The molecule has 3 N–H and O–H groups in total. The maximum Gasteiger partial charge on any atom is 0.221 e. The highest BCUT2D eigenvalue weighted by atomic mass is 16.5. The molecule has 0 radical (unpaired) electrons. The third-order valence-electron chi connectivity index (χ3n) is 3.33. The Bertz CT molecular complexity index is 629. The summed E-state index contributed by atoms with van der Waals surface area (Å²) in [6.07, 6.45) is 0.329. The summed E-state index contributed by atoms with van der Waals surface area (Å²) in [5.74, 6) is 1.26. The van der Waals surface area contributed by atoms with Gasteiger partial charge >= 0.3 is 0 Å². The Kier molecular flexibility index (Phi) is 6.44. The number of rotatable bonds is 8. The molecule has 0 aliphatic rings. The van der Waals surface area contributed by atoms with E-state index >= 15 is 0 Å². The second-order valence-electron chi connectivity index (χ2n) is 5.07. The van der Waals surface area contributed by atoms with Crippen molar-refractivity contribution in [2.75, 3.05) is 13.7 Å². The monoisotopic (exact) mass is 314 g/mol. The fourth-order valence-corrected chi connectivity index (χ4v) is 2.10. The van der Waals surface area contributed by atoms with E-state index in [4.69, 9.17) is 15.2 Å². The van der Waals surface area contributed by atoms with Crippen LogP contribution in [0, 0.1) is 0 Å². The van der Waals surface area contributed by atoms with Crippen molar-refractivity contribution in [3.05, 3.63) is 59.7 Å². The van der Waals surface area contributed by atoms with E-state index in [-0.39, 0.29) is 5.91 Å². The molecule has 122 valence electrons. The SMILES string of the molecule is COc1cc(CNC(=O)CCN)ccc1OCc1ccccc1. The Morgan fingerprint density at radius 3 is 2.57 bits per heavy atom. The summed E-state index contributed by atoms with van der Waals surface area (Å²) in [5.41, 5.74) is 7.38. The van der Waals surface area contributed by atoms with Crippen molar-refractivity contribution < 1.29 is 14.3 Å². The maximum atomic E-state index is 11.5. The van der Waals surface area contributed by atoms with E-state index in [2.05, 4.69) is 5.32 Å². The van der Waals surface area contributed by atoms with Gasteiger partial charge in [0.15, 0.2) is 11.5 Å². The quantitative estimate of drug-likeness (QED) is 0.784. The normalized spacial score (nSPS) is 10.2. The number of ether oxygens (including phenoxy) is 2. The van der Waals surface area contributed by atoms with Crippen LogP contribution in [0.15, 0.2) is 48.5 Å². The molecule has 2 rings (SSSR count). The highest BCUT2D eigenvalue weighted by molar-refractivity contribution is 5.76. The molecule has 1 amide bonds. The molecule has 0 saturated carbocycles. The van der Waals surface area contributed by atoms with Crippen molar-refractivity contribution in [2.24, 2.45) is 5.73 Å². The number of nitrogens with one attached hydrogen (secondary N) is 1. The number of benzene rings is 2. The molecule has 2 aromatic rings. The maximum absolute atomic E-state index is 11.5. The van der Waals surface area contributed by atoms with Gasteiger partial charge in [-0.1, -0.05) is 36.4 Å². The zero-order valence-corrected chi connectivity index (χ0v) is 13.2. The van der Waals surface area contributed by atoms with E-state index in [0.29, 0.717) is 37.6 Å². The first kappa shape index (κ1) is 16.8. The molecule has 2 aromatic carbocycles. The van der Waals surface area contributed by atoms with Gasteiger partial charge in [-0.25, -0.2) is 0 Å². The first-order chi connectivity index (χ1) is 11.2. The molecular weight excluding hydrogens is 292 g/mol. The van der Waals surface area contributed by atoms with Gasteiger partial charge in [0.2, 0.25) is 5.91 Å². The van der Waals surface area contributed by atoms with Crippen LogP contribution < -0.4 is 20.5 Å². The van der Waals surface area contributed by atoms with Gasteiger partial charge in [0.1, 0.15) is 6.61 Å². The zero-order valence-electron chi connectivity index (χ0n) is 13.2. The molecule has 0 unspecified atom stereocenters. The third kappa shape index (κ3) is 5.30. The molecule has 5 heteroatoms. The lowest BCUT2D eigenvalue weighted by Gasteiger charge is -2.13. The average Bonchev–Trinajstić information content (AvgIpc) is 2.59. The van der Waals surface area contributed by atoms with Crippen molar-refractivity contribution in [2.45, 2.75) is 19.6 Å². The Labute approximate surface area is 136 Å². The van der Waals surface area contributed by atoms with Gasteiger partial charge in [-0.2, -0.15) is 0 Å². The smallest absolute Gasteiger partial charge is 0.221 e. The molecule has 5 nitrogen and oxygen atoms in total. The van der Waals surface area contributed by atoms with Gasteiger partial charge < -0.3 is 20.5 Å². The second kappa shape index (κ2) is 8.80. The Morgan fingerprint density at radius 1 is 1.09 bits per heavy atom. The fourth-order valence-electron chi connectivity index (χ4n) is 2.10. The first-order valence-corrected chi connectivity index (χ1v) is 7.53. The van der Waals surface area contributed by atoms with Crippen LogP contribution in [0.4, 0.5) is 0 Å². The number of methoxy groups -OCH3 is 1. The van der Waals surface area contributed by atoms with Crippen LogP contribution in [-0.4, -0.2) is 19.6 Å². The zero-order chi connectivity index (χ0) is 16.5. The number of hydrogen-bond acceptors (Lipinski definition) is 4. The largest absolute Gasteiger partial charge is 0.493 e. The number of carbonyl (C=O) groups excluding carboxylic acids is 1. The summed E-state index contributed by atoms with van der Waals surface area (Å²) >= 11 is 0. The highest BCUT2D eigenvalue weighted by Crippen LogP contribution is 2.28. The van der Waals surface area contributed by atoms with E-state index in [1.54, 1.807) is 7.11 Å². The minimum atomic E-state index is -0.0594. The van der Waals surface area contributed by atoms with Crippen molar-refractivity contribution >= 4 is 5.91 Å². The van der Waals surface area contributed by atoms with Crippen molar-refractivity contribution in [3.8, 4) is 11.5 Å². The molecule has 0 atom stereocenters. The van der Waals surface area contributed by atoms with Gasteiger partial charge in [0.05, 0.1) is 7.11 Å². The first-order valence-electron chi connectivity index (χ1n) is 7.53. The van der Waals surface area contributed by atoms with Crippen LogP contribution >= 0.6 is 0 Å². The fraction of sp³-hybridized carbons (Fsp3) is 0.278. The van der Waals surface area contributed by atoms with Gasteiger partial charge in [0, 0.05) is 19.5 Å². The summed E-state index contributed by atoms with van der Waals surface area (Å²) in [6, 6.07) is 15.6. The molecule has 0 aliphatic carbocycles. The summed E-state index contributed by atoms with van der Waals surface area (Å²) < 4.78 is 11.2. The third-order valence-corrected chi connectivity index (χ3v) is 3.33. The Hall–Kier alpha value is -2.53. The number of hydrogen-bond donors (Lipinski definition) is 2. The molecule has 0 aliphatic heterocycles. The van der Waals surface area contributed by atoms with Gasteiger partial charge in [-0.3, -0.25) is 4.79 Å². The molecule has 0 bridgehead atoms. The molecule has 0 heterocycles. The van der Waals surface area contributed by atoms with Gasteiger partial charge in [-0.05, 0) is 23.3 Å². The van der Waals surface area contributed by atoms with Crippen molar-refractivity contribution in [1.82, 2.24) is 5.32 Å². The van der Waals surface area contributed by atoms with Crippen molar-refractivity contribution in [3.63, 3.8) is 0 Å². The summed E-state index contributed by atoms with van der Waals surface area (Å²) in [4.78, 5) is 11.5. The molecule has 23 heavy (non-hydrogen) atoms. The summed E-state index contributed by atoms with van der Waals surface area (Å²) in [7, 11) is 1.60. The minimum absolute atomic E-state index is 0.0594. The van der Waals surface area contributed by atoms with Crippen LogP contribution in [0.1, 0.15) is 17.5 Å². The number of amides is 1. The summed E-state index contributed by atoms with van der Waals surface area (Å²) in [5, 5.41) is 2.81. The second-order valence-corrected chi connectivity index (χ2v) is 5.07. The summed E-state index contributed by atoms with van der Waals surface area (Å²) in [6.45, 7) is 1.26. The van der Waals surface area contributed by atoms with E-state index in [0.717, 1.165) is 11.1 Å².